The van der Waals surface area contributed by atoms with Gasteiger partial charge >= 0.3 is 0 Å². The Morgan fingerprint density at radius 2 is 0.966 bits per heavy atom. The van der Waals surface area contributed by atoms with Crippen molar-refractivity contribution in [1.29, 1.82) is 0 Å². The van der Waals surface area contributed by atoms with Crippen LogP contribution in [0.25, 0.3) is 116 Å². The fourth-order valence-corrected chi connectivity index (χ4v) is 8.73. The van der Waals surface area contributed by atoms with E-state index in [4.69, 9.17) is 19.4 Å². The maximum absolute atomic E-state index is 6.51. The highest BCUT2D eigenvalue weighted by Crippen LogP contribution is 2.39. The van der Waals surface area contributed by atoms with E-state index in [2.05, 4.69) is 174 Å². The lowest BCUT2D eigenvalue weighted by molar-refractivity contribution is 0.669. The second-order valence-electron chi connectivity index (χ2n) is 14.8. The number of fused-ring (bicyclic) bond motifs is 9. The van der Waals surface area contributed by atoms with Gasteiger partial charge in [0.25, 0.3) is 0 Å². The molecule has 12 rings (SSSR count). The fourth-order valence-electron chi connectivity index (χ4n) is 8.73. The zero-order chi connectivity index (χ0) is 38.2. The predicted octanol–water partition coefficient (Wildman–Crippen LogP) is 13.8. The molecule has 3 heterocycles. The topological polar surface area (TPSA) is 56.7 Å². The summed E-state index contributed by atoms with van der Waals surface area (Å²) in [6.45, 7) is 0. The summed E-state index contributed by atoms with van der Waals surface area (Å²) in [5.74, 6) is 1.76. The van der Waals surface area contributed by atoms with Crippen LogP contribution >= 0.6 is 0 Å². The van der Waals surface area contributed by atoms with Gasteiger partial charge in [0.2, 0.25) is 0 Å². The van der Waals surface area contributed by atoms with Gasteiger partial charge in [0, 0.05) is 43.7 Å². The third-order valence-electron chi connectivity index (χ3n) is 11.5. The number of aromatic nitrogens is 4. The van der Waals surface area contributed by atoms with E-state index in [1.807, 2.05) is 24.3 Å². The van der Waals surface area contributed by atoms with E-state index in [0.29, 0.717) is 17.5 Å². The molecule has 270 valence electrons. The molecular weight excluding hydrogens is 709 g/mol. The maximum Gasteiger partial charge on any atom is 0.167 e. The van der Waals surface area contributed by atoms with E-state index in [0.717, 1.165) is 71.6 Å². The minimum absolute atomic E-state index is 0.560. The van der Waals surface area contributed by atoms with Gasteiger partial charge in [-0.2, -0.15) is 0 Å². The zero-order valence-corrected chi connectivity index (χ0v) is 31.2. The van der Waals surface area contributed by atoms with E-state index >= 15 is 0 Å². The predicted molar refractivity (Wildman–Crippen MR) is 238 cm³/mol. The molecule has 5 heteroatoms. The molecular formula is C53H32N4O. The van der Waals surface area contributed by atoms with Crippen LogP contribution in [0.4, 0.5) is 0 Å². The molecule has 5 nitrogen and oxygen atoms in total. The average molecular weight is 741 g/mol. The van der Waals surface area contributed by atoms with Crippen LogP contribution in [0.3, 0.4) is 0 Å². The van der Waals surface area contributed by atoms with Crippen LogP contribution in [0, 0.1) is 0 Å². The molecule has 0 radical (unpaired) electrons. The van der Waals surface area contributed by atoms with Crippen molar-refractivity contribution in [1.82, 2.24) is 19.5 Å². The summed E-state index contributed by atoms with van der Waals surface area (Å²) < 4.78 is 8.86. The first-order valence-electron chi connectivity index (χ1n) is 19.5. The molecule has 12 aromatic rings. The van der Waals surface area contributed by atoms with Crippen LogP contribution < -0.4 is 0 Å². The van der Waals surface area contributed by atoms with Gasteiger partial charge in [0.1, 0.15) is 11.2 Å². The molecule has 58 heavy (non-hydrogen) atoms. The Kier molecular flexibility index (Phi) is 7.16. The second-order valence-corrected chi connectivity index (χ2v) is 14.8. The Balaban J connectivity index is 1.03. The lowest BCUT2D eigenvalue weighted by Gasteiger charge is -2.12. The van der Waals surface area contributed by atoms with Gasteiger partial charge < -0.3 is 8.98 Å². The van der Waals surface area contributed by atoms with Crippen molar-refractivity contribution in [3.8, 4) is 51.0 Å². The summed E-state index contributed by atoms with van der Waals surface area (Å²) in [4.78, 5) is 15.7. The molecule has 0 aliphatic rings. The van der Waals surface area contributed by atoms with Crippen LogP contribution in [-0.2, 0) is 0 Å². The Bertz CT molecular complexity index is 3560. The Hall–Kier alpha value is -7.89. The van der Waals surface area contributed by atoms with E-state index in [1.165, 1.54) is 27.2 Å². The van der Waals surface area contributed by atoms with Crippen LogP contribution in [0.2, 0.25) is 0 Å². The molecule has 0 saturated heterocycles. The number of hydrogen-bond donors (Lipinski definition) is 0. The molecule has 0 atom stereocenters. The van der Waals surface area contributed by atoms with Gasteiger partial charge in [0.15, 0.2) is 17.5 Å². The molecule has 0 unspecified atom stereocenters. The van der Waals surface area contributed by atoms with E-state index in [-0.39, 0.29) is 0 Å². The normalized spacial score (nSPS) is 11.8. The van der Waals surface area contributed by atoms with Crippen molar-refractivity contribution in [2.24, 2.45) is 0 Å². The van der Waals surface area contributed by atoms with E-state index in [9.17, 15) is 0 Å². The van der Waals surface area contributed by atoms with Crippen LogP contribution in [0.15, 0.2) is 199 Å². The van der Waals surface area contributed by atoms with Gasteiger partial charge in [-0.25, -0.2) is 15.0 Å². The lowest BCUT2D eigenvalue weighted by atomic mass is 9.97. The van der Waals surface area contributed by atoms with Crippen molar-refractivity contribution in [2.45, 2.75) is 0 Å². The Morgan fingerprint density at radius 1 is 0.362 bits per heavy atom. The number of furan rings is 1. The molecule has 3 aromatic heterocycles. The molecule has 0 N–H and O–H groups in total. The third kappa shape index (κ3) is 5.07. The smallest absolute Gasteiger partial charge is 0.167 e. The third-order valence-corrected chi connectivity index (χ3v) is 11.5. The molecule has 0 spiro atoms. The number of nitrogens with zero attached hydrogens (tertiary/aromatic N) is 4. The minimum Gasteiger partial charge on any atom is -0.455 e. The summed E-state index contributed by atoms with van der Waals surface area (Å²) >= 11 is 0. The molecule has 0 fully saturated rings. The first kappa shape index (κ1) is 32.4. The van der Waals surface area contributed by atoms with E-state index in [1.54, 1.807) is 0 Å². The molecule has 0 saturated carbocycles. The number of rotatable bonds is 5. The van der Waals surface area contributed by atoms with Crippen molar-refractivity contribution >= 4 is 65.3 Å². The number of benzene rings is 9. The summed E-state index contributed by atoms with van der Waals surface area (Å²) in [6, 6.07) is 68.1. The molecule has 0 aliphatic heterocycles. The minimum atomic E-state index is 0.560. The molecule has 9 aromatic carbocycles. The standard InChI is InChI=1S/C53H32N4O/c1-2-14-38(15-3-1)57-46-22-8-6-17-40(46)41-31-30-37(32-47(41)57)33-24-28-36(29-25-33)51-54-52(44-20-10-13-35-27-26-34-12-4-5-16-39(34)49(35)44)56-53(55-51)45-21-11-19-43-42-18-7-9-23-48(42)58-50(43)45/h1-32H. The first-order valence-corrected chi connectivity index (χ1v) is 19.5. The lowest BCUT2D eigenvalue weighted by Crippen LogP contribution is -2.01. The van der Waals surface area contributed by atoms with Crippen molar-refractivity contribution in [3.63, 3.8) is 0 Å². The van der Waals surface area contributed by atoms with Crippen LogP contribution in [0.5, 0.6) is 0 Å². The average Bonchev–Trinajstić information content (AvgIpc) is 3.84. The second kappa shape index (κ2) is 12.8. The Morgan fingerprint density at radius 3 is 1.84 bits per heavy atom. The summed E-state index contributed by atoms with van der Waals surface area (Å²) in [5.41, 5.74) is 10.0. The van der Waals surface area contributed by atoms with Gasteiger partial charge in [0.05, 0.1) is 16.6 Å². The summed E-state index contributed by atoms with van der Waals surface area (Å²) in [5, 5.41) is 9.13. The van der Waals surface area contributed by atoms with Crippen molar-refractivity contribution in [3.05, 3.63) is 194 Å². The van der Waals surface area contributed by atoms with Crippen molar-refractivity contribution < 1.29 is 4.42 Å². The summed E-state index contributed by atoms with van der Waals surface area (Å²) in [7, 11) is 0. The monoisotopic (exact) mass is 740 g/mol. The summed E-state index contributed by atoms with van der Waals surface area (Å²) in [6.07, 6.45) is 0. The molecule has 0 amide bonds. The number of hydrogen-bond acceptors (Lipinski definition) is 4. The largest absolute Gasteiger partial charge is 0.455 e. The first-order chi connectivity index (χ1) is 28.7. The maximum atomic E-state index is 6.51. The molecule has 0 aliphatic carbocycles. The van der Waals surface area contributed by atoms with Gasteiger partial charge in [-0.3, -0.25) is 0 Å². The highest BCUT2D eigenvalue weighted by Gasteiger charge is 2.20. The highest BCUT2D eigenvalue weighted by molar-refractivity contribution is 6.14. The van der Waals surface area contributed by atoms with Gasteiger partial charge in [-0.05, 0) is 63.7 Å². The highest BCUT2D eigenvalue weighted by atomic mass is 16.3. The van der Waals surface area contributed by atoms with E-state index < -0.39 is 0 Å². The van der Waals surface area contributed by atoms with Gasteiger partial charge in [-0.15, -0.1) is 0 Å². The molecule has 0 bridgehead atoms. The number of para-hydroxylation sites is 4. The fraction of sp³-hybridized carbons (Fsp3) is 0. The van der Waals surface area contributed by atoms with Crippen LogP contribution in [0.1, 0.15) is 0 Å². The quantitative estimate of drug-likeness (QED) is 0.165. The van der Waals surface area contributed by atoms with Crippen molar-refractivity contribution in [2.75, 3.05) is 0 Å². The van der Waals surface area contributed by atoms with Gasteiger partial charge in [-0.1, -0.05) is 158 Å². The zero-order valence-electron chi connectivity index (χ0n) is 31.2. The Labute approximate surface area is 333 Å². The SMILES string of the molecule is c1ccc(-n2c3ccccc3c3ccc(-c4ccc(-c5nc(-c6cccc7c6oc6ccccc67)nc(-c6cccc7ccc8ccccc8c67)n5)cc4)cc32)cc1. The van der Waals surface area contributed by atoms with Crippen LogP contribution in [-0.4, -0.2) is 19.5 Å².